The quantitative estimate of drug-likeness (QED) is 0.195. The molecular formula is C33H47FN6O5S. The van der Waals surface area contributed by atoms with Crippen molar-refractivity contribution in [2.24, 2.45) is 11.1 Å². The van der Waals surface area contributed by atoms with E-state index in [2.05, 4.69) is 20.9 Å². The van der Waals surface area contributed by atoms with Crippen LogP contribution < -0.4 is 21.7 Å². The highest BCUT2D eigenvalue weighted by Crippen LogP contribution is 2.40. The Balaban J connectivity index is 1.52. The van der Waals surface area contributed by atoms with E-state index >= 15 is 0 Å². The first-order chi connectivity index (χ1) is 21.7. The number of aliphatic hydroxyl groups is 1. The molecule has 2 aromatic rings. The van der Waals surface area contributed by atoms with Crippen LogP contribution in [0.2, 0.25) is 0 Å². The average Bonchev–Trinajstić information content (AvgIpc) is 3.41. The minimum Gasteiger partial charge on any atom is -0.391 e. The number of nitrogens with two attached hydrogens (primary N) is 1. The number of aromatic nitrogens is 1. The summed E-state index contributed by atoms with van der Waals surface area (Å²) in [5.74, 6) is -2.18. The van der Waals surface area contributed by atoms with Gasteiger partial charge in [0.2, 0.25) is 17.7 Å². The van der Waals surface area contributed by atoms with Gasteiger partial charge in [-0.25, -0.2) is 9.37 Å². The smallest absolute Gasteiger partial charge is 0.258 e. The number of hydrogen-bond acceptors (Lipinski definition) is 8. The molecule has 1 aromatic carbocycles. The number of unbranched alkanes of at least 4 members (excludes halogenated alkanes) is 2. The largest absolute Gasteiger partial charge is 0.391 e. The zero-order valence-corrected chi connectivity index (χ0v) is 27.9. The molecule has 1 saturated carbocycles. The van der Waals surface area contributed by atoms with Gasteiger partial charge in [0.1, 0.15) is 12.1 Å². The van der Waals surface area contributed by atoms with Crippen molar-refractivity contribution in [1.82, 2.24) is 25.8 Å². The summed E-state index contributed by atoms with van der Waals surface area (Å²) in [6.45, 7) is 8.14. The average molecular weight is 659 g/mol. The third kappa shape index (κ3) is 8.89. The van der Waals surface area contributed by atoms with Gasteiger partial charge in [-0.3, -0.25) is 19.2 Å². The van der Waals surface area contributed by atoms with Crippen LogP contribution in [-0.2, 0) is 19.2 Å². The summed E-state index contributed by atoms with van der Waals surface area (Å²) < 4.78 is 14.5. The summed E-state index contributed by atoms with van der Waals surface area (Å²) in [5, 5.41) is 19.0. The molecule has 0 spiro atoms. The predicted octanol–water partition coefficient (Wildman–Crippen LogP) is 2.91. The number of alkyl halides is 1. The maximum atomic E-state index is 14.5. The Labute approximate surface area is 273 Å². The number of aliphatic hydroxyl groups excluding tert-OH is 1. The van der Waals surface area contributed by atoms with Crippen molar-refractivity contribution in [3.05, 3.63) is 41.0 Å². The standard InChI is InChI=1S/C33H47FN6O5S/c1-20-27(46-19-37-20)22-10-8-21(9-11-22)24(17-26(42)36-15-7-5-6-14-35)38-29(43)25-16-23(41)18-40(25)30(44)28(32(2,3)4)39-31(45)33(34)12-13-33/h8-11,19,23-25,28,41H,5-7,12-18,35H2,1-4H3,(H,36,42)(H,38,43)(H,39,45)/t23-,24+,25+,28-/m1/s1. The maximum Gasteiger partial charge on any atom is 0.258 e. The van der Waals surface area contributed by atoms with Crippen molar-refractivity contribution < 1.29 is 28.7 Å². The number of thiazole rings is 1. The Kier molecular flexibility index (Phi) is 11.5. The molecule has 0 unspecified atom stereocenters. The lowest BCUT2D eigenvalue weighted by molar-refractivity contribution is -0.145. The van der Waals surface area contributed by atoms with Crippen LogP contribution in [0.5, 0.6) is 0 Å². The number of β-amino-alcohol motifs (C(OH)–C–C–N with tert-alkyl or cyclic N) is 1. The molecule has 4 atom stereocenters. The number of likely N-dealkylation sites (tertiary alicyclic amines) is 1. The molecule has 6 N–H and O–H groups in total. The van der Waals surface area contributed by atoms with E-state index < -0.39 is 53.0 Å². The van der Waals surface area contributed by atoms with E-state index in [9.17, 15) is 28.7 Å². The summed E-state index contributed by atoms with van der Waals surface area (Å²) in [4.78, 5) is 59.9. The van der Waals surface area contributed by atoms with E-state index in [4.69, 9.17) is 5.73 Å². The van der Waals surface area contributed by atoms with Crippen LogP contribution in [0, 0.1) is 12.3 Å². The van der Waals surface area contributed by atoms with Gasteiger partial charge in [-0.2, -0.15) is 0 Å². The molecule has 4 amide bonds. The van der Waals surface area contributed by atoms with Crippen LogP contribution in [0.25, 0.3) is 10.4 Å². The third-order valence-corrected chi connectivity index (χ3v) is 9.56. The summed E-state index contributed by atoms with van der Waals surface area (Å²) in [6, 6.07) is 4.67. The van der Waals surface area contributed by atoms with Gasteiger partial charge in [-0.05, 0) is 55.7 Å². The Hall–Kier alpha value is -3.42. The van der Waals surface area contributed by atoms with E-state index in [0.29, 0.717) is 18.7 Å². The van der Waals surface area contributed by atoms with Crippen molar-refractivity contribution in [2.45, 2.75) is 103 Å². The zero-order valence-electron chi connectivity index (χ0n) is 27.1. The second kappa shape index (κ2) is 15.0. The van der Waals surface area contributed by atoms with Gasteiger partial charge in [-0.1, -0.05) is 51.5 Å². The molecule has 2 fully saturated rings. The minimum atomic E-state index is -1.97. The number of nitrogens with zero attached hydrogens (tertiary/aromatic N) is 2. The van der Waals surface area contributed by atoms with Gasteiger partial charge < -0.3 is 31.7 Å². The predicted molar refractivity (Wildman–Crippen MR) is 174 cm³/mol. The van der Waals surface area contributed by atoms with Crippen LogP contribution in [-0.4, -0.2) is 82.1 Å². The van der Waals surface area contributed by atoms with Gasteiger partial charge in [0.15, 0.2) is 5.67 Å². The Morgan fingerprint density at radius 3 is 2.41 bits per heavy atom. The lowest BCUT2D eigenvalue weighted by Crippen LogP contribution is -2.59. The molecule has 11 nitrogen and oxygen atoms in total. The normalized spacial score (nSPS) is 20.1. The number of carbonyl (C=O) groups excluding carboxylic acids is 4. The van der Waals surface area contributed by atoms with Crippen LogP contribution >= 0.6 is 11.3 Å². The van der Waals surface area contributed by atoms with Gasteiger partial charge in [0.25, 0.3) is 5.91 Å². The van der Waals surface area contributed by atoms with Gasteiger partial charge in [0, 0.05) is 19.5 Å². The lowest BCUT2D eigenvalue weighted by Gasteiger charge is -2.36. The lowest BCUT2D eigenvalue weighted by atomic mass is 9.85. The highest BCUT2D eigenvalue weighted by molar-refractivity contribution is 7.13. The molecule has 2 aliphatic rings. The molecule has 13 heteroatoms. The van der Waals surface area contributed by atoms with Gasteiger partial charge in [-0.15, -0.1) is 11.3 Å². The summed E-state index contributed by atoms with van der Waals surface area (Å²) >= 11 is 1.52. The van der Waals surface area contributed by atoms with E-state index in [1.165, 1.54) is 16.2 Å². The molecule has 0 bridgehead atoms. The molecule has 0 radical (unpaired) electrons. The van der Waals surface area contributed by atoms with Gasteiger partial charge >= 0.3 is 0 Å². The molecule has 1 aliphatic carbocycles. The number of hydrogen-bond donors (Lipinski definition) is 5. The molecule has 1 aromatic heterocycles. The highest BCUT2D eigenvalue weighted by atomic mass is 32.1. The molecule has 252 valence electrons. The number of halogens is 1. The molecular weight excluding hydrogens is 611 g/mol. The Bertz CT molecular complexity index is 1390. The second-order valence-electron chi connectivity index (χ2n) is 13.5. The number of amides is 4. The van der Waals surface area contributed by atoms with Crippen LogP contribution in [0.15, 0.2) is 29.8 Å². The van der Waals surface area contributed by atoms with Crippen molar-refractivity contribution in [3.63, 3.8) is 0 Å². The van der Waals surface area contributed by atoms with Crippen molar-refractivity contribution >= 4 is 35.0 Å². The van der Waals surface area contributed by atoms with E-state index in [1.54, 1.807) is 26.3 Å². The minimum absolute atomic E-state index is 0.0148. The summed E-state index contributed by atoms with van der Waals surface area (Å²) in [5.41, 5.74) is 7.14. The van der Waals surface area contributed by atoms with E-state index in [0.717, 1.165) is 35.4 Å². The molecule has 1 aliphatic heterocycles. The number of rotatable bonds is 14. The van der Waals surface area contributed by atoms with Crippen molar-refractivity contribution in [3.8, 4) is 10.4 Å². The topological polar surface area (TPSA) is 167 Å². The van der Waals surface area contributed by atoms with Crippen LogP contribution in [0.4, 0.5) is 4.39 Å². The van der Waals surface area contributed by atoms with Crippen LogP contribution in [0.1, 0.15) is 83.0 Å². The maximum absolute atomic E-state index is 14.5. The fraction of sp³-hybridized carbons (Fsp3) is 0.606. The molecule has 46 heavy (non-hydrogen) atoms. The third-order valence-electron chi connectivity index (χ3n) is 8.58. The fourth-order valence-electron chi connectivity index (χ4n) is 5.62. The first-order valence-electron chi connectivity index (χ1n) is 16.0. The van der Waals surface area contributed by atoms with E-state index in [-0.39, 0.29) is 38.1 Å². The van der Waals surface area contributed by atoms with Crippen molar-refractivity contribution in [2.75, 3.05) is 19.6 Å². The van der Waals surface area contributed by atoms with E-state index in [1.807, 2.05) is 31.2 Å². The highest BCUT2D eigenvalue weighted by Gasteiger charge is 2.53. The molecule has 1 saturated heterocycles. The fourth-order valence-corrected chi connectivity index (χ4v) is 6.43. The molecule has 2 heterocycles. The number of carbonyl (C=O) groups is 4. The number of aryl methyl sites for hydroxylation is 1. The van der Waals surface area contributed by atoms with Crippen LogP contribution in [0.3, 0.4) is 0 Å². The van der Waals surface area contributed by atoms with Crippen molar-refractivity contribution in [1.29, 1.82) is 0 Å². The Morgan fingerprint density at radius 1 is 1.13 bits per heavy atom. The number of benzene rings is 1. The number of nitrogens with one attached hydrogen (secondary N) is 3. The first kappa shape index (κ1) is 35.4. The SMILES string of the molecule is Cc1ncsc1-c1ccc([C@H](CC(=O)NCCCCCN)NC(=O)[C@@H]2C[C@@H](O)CN2C(=O)[C@@H](NC(=O)C2(F)CC2)C(C)(C)C)cc1. The zero-order chi connectivity index (χ0) is 33.6. The molecule has 4 rings (SSSR count). The second-order valence-corrected chi connectivity index (χ2v) is 14.3. The summed E-state index contributed by atoms with van der Waals surface area (Å²) in [6.07, 6.45) is 1.74. The first-order valence-corrected chi connectivity index (χ1v) is 16.9. The monoisotopic (exact) mass is 658 g/mol. The Morgan fingerprint density at radius 2 is 1.83 bits per heavy atom. The summed E-state index contributed by atoms with van der Waals surface area (Å²) in [7, 11) is 0. The van der Waals surface area contributed by atoms with Gasteiger partial charge in [0.05, 0.1) is 34.6 Å².